The number of aryl methyl sites for hydroxylation is 1. The Hall–Kier alpha value is -1.65. The summed E-state index contributed by atoms with van der Waals surface area (Å²) in [5.74, 6) is 1.33. The lowest BCUT2D eigenvalue weighted by Gasteiger charge is -2.41. The Morgan fingerprint density at radius 1 is 1.30 bits per heavy atom. The third kappa shape index (κ3) is 2.70. The van der Waals surface area contributed by atoms with E-state index in [1.54, 1.807) is 0 Å². The lowest BCUT2D eigenvalue weighted by molar-refractivity contribution is -0.134. The molecular formula is C18H26N4O. The number of amides is 1. The Bertz CT molecular complexity index is 607. The van der Waals surface area contributed by atoms with Crippen molar-refractivity contribution in [2.75, 3.05) is 18.8 Å². The van der Waals surface area contributed by atoms with Crippen LogP contribution in [0.5, 0.6) is 0 Å². The summed E-state index contributed by atoms with van der Waals surface area (Å²) in [6.45, 7) is 1.73. The van der Waals surface area contributed by atoms with Crippen molar-refractivity contribution in [2.45, 2.75) is 63.2 Å². The highest BCUT2D eigenvalue weighted by Crippen LogP contribution is 2.44. The molecule has 0 radical (unpaired) electrons. The number of nitrogen functional groups attached to an aromatic ring is 1. The fourth-order valence-electron chi connectivity index (χ4n) is 4.89. The second-order valence-corrected chi connectivity index (χ2v) is 7.66. The summed E-state index contributed by atoms with van der Waals surface area (Å²) in [4.78, 5) is 23.5. The number of aromatic nitrogens is 2. The van der Waals surface area contributed by atoms with Gasteiger partial charge in [0.15, 0.2) is 0 Å². The molecule has 1 aromatic heterocycles. The lowest BCUT2D eigenvalue weighted by Crippen LogP contribution is -2.48. The zero-order valence-electron chi connectivity index (χ0n) is 13.8. The number of nitrogens with zero attached hydrogens (tertiary/aromatic N) is 3. The smallest absolute Gasteiger partial charge is 0.222 e. The minimum atomic E-state index is 0.0238. The predicted octanol–water partition coefficient (Wildman–Crippen LogP) is 2.45. The molecule has 23 heavy (non-hydrogen) atoms. The average Bonchev–Trinajstić information content (AvgIpc) is 3.17. The molecule has 1 saturated carbocycles. The number of rotatable bonds is 2. The highest BCUT2D eigenvalue weighted by atomic mass is 16.2. The van der Waals surface area contributed by atoms with E-state index in [-0.39, 0.29) is 5.41 Å². The van der Waals surface area contributed by atoms with Crippen molar-refractivity contribution in [1.29, 1.82) is 0 Å². The minimum absolute atomic E-state index is 0.0238. The summed E-state index contributed by atoms with van der Waals surface area (Å²) in [5, 5.41) is 0. The Morgan fingerprint density at radius 2 is 2.13 bits per heavy atom. The first-order valence-corrected chi connectivity index (χ1v) is 9.06. The molecular weight excluding hydrogens is 288 g/mol. The third-order valence-electron chi connectivity index (χ3n) is 6.13. The van der Waals surface area contributed by atoms with Crippen molar-refractivity contribution in [1.82, 2.24) is 14.9 Å². The number of carbonyl (C=O) groups excluding carboxylic acids is 1. The molecule has 0 aromatic carbocycles. The summed E-state index contributed by atoms with van der Waals surface area (Å²) < 4.78 is 0. The molecule has 2 aliphatic carbocycles. The van der Waals surface area contributed by atoms with Gasteiger partial charge in [-0.25, -0.2) is 9.97 Å². The number of piperidine rings is 1. The van der Waals surface area contributed by atoms with Crippen LogP contribution in [0, 0.1) is 5.92 Å². The maximum absolute atomic E-state index is 12.7. The van der Waals surface area contributed by atoms with Gasteiger partial charge in [0.1, 0.15) is 0 Å². The molecule has 2 fully saturated rings. The molecule has 1 unspecified atom stereocenters. The minimum Gasteiger partial charge on any atom is -0.368 e. The molecule has 0 bridgehead atoms. The molecule has 4 rings (SSSR count). The number of fused-ring (bicyclic) bond motifs is 2. The molecule has 1 atom stereocenters. The first kappa shape index (κ1) is 14.9. The Kier molecular flexibility index (Phi) is 3.74. The molecule has 5 nitrogen and oxygen atoms in total. The second-order valence-electron chi connectivity index (χ2n) is 7.66. The summed E-state index contributed by atoms with van der Waals surface area (Å²) in [7, 11) is 0. The van der Waals surface area contributed by atoms with Crippen LogP contribution in [0.2, 0.25) is 0 Å². The fraction of sp³-hybridized carbons (Fsp3) is 0.722. The number of nitrogens with two attached hydrogens (primary N) is 1. The van der Waals surface area contributed by atoms with Gasteiger partial charge in [-0.2, -0.15) is 0 Å². The van der Waals surface area contributed by atoms with Gasteiger partial charge in [-0.05, 0) is 50.0 Å². The Balaban J connectivity index is 1.51. The first-order valence-electron chi connectivity index (χ1n) is 9.06. The van der Waals surface area contributed by atoms with Crippen molar-refractivity contribution in [3.05, 3.63) is 17.5 Å². The van der Waals surface area contributed by atoms with E-state index in [0.29, 0.717) is 17.8 Å². The second kappa shape index (κ2) is 5.77. The van der Waals surface area contributed by atoms with E-state index in [9.17, 15) is 4.79 Å². The molecule has 5 heteroatoms. The standard InChI is InChI=1S/C18H26N4O/c19-17-20-11-14-6-8-18(16(14)21-17)7-3-9-22(12-18)15(23)10-13-4-1-2-5-13/h11,13H,1-10,12H2,(H2,19,20,21). The molecule has 1 amide bonds. The van der Waals surface area contributed by atoms with Gasteiger partial charge in [0.05, 0.1) is 5.69 Å². The van der Waals surface area contributed by atoms with Crippen LogP contribution in [-0.4, -0.2) is 33.9 Å². The Morgan fingerprint density at radius 3 is 2.96 bits per heavy atom. The van der Waals surface area contributed by atoms with Crippen LogP contribution in [0.4, 0.5) is 5.95 Å². The van der Waals surface area contributed by atoms with E-state index in [2.05, 4.69) is 14.9 Å². The number of hydrogen-bond acceptors (Lipinski definition) is 4. The molecule has 3 aliphatic rings. The summed E-state index contributed by atoms with van der Waals surface area (Å²) >= 11 is 0. The molecule has 2 N–H and O–H groups in total. The van der Waals surface area contributed by atoms with Crippen molar-refractivity contribution in [3.63, 3.8) is 0 Å². The number of likely N-dealkylation sites (tertiary alicyclic amines) is 1. The average molecular weight is 314 g/mol. The molecule has 124 valence electrons. The summed E-state index contributed by atoms with van der Waals surface area (Å²) in [6.07, 6.45) is 12.0. The first-order chi connectivity index (χ1) is 11.2. The van der Waals surface area contributed by atoms with Crippen LogP contribution in [0.25, 0.3) is 0 Å². The Labute approximate surface area is 137 Å². The number of hydrogen-bond donors (Lipinski definition) is 1. The van der Waals surface area contributed by atoms with Crippen molar-refractivity contribution in [3.8, 4) is 0 Å². The van der Waals surface area contributed by atoms with Crippen LogP contribution in [0.3, 0.4) is 0 Å². The van der Waals surface area contributed by atoms with E-state index in [1.807, 2.05) is 6.20 Å². The monoisotopic (exact) mass is 314 g/mol. The van der Waals surface area contributed by atoms with Crippen molar-refractivity contribution in [2.24, 2.45) is 5.92 Å². The SMILES string of the molecule is Nc1ncc2c(n1)C1(CCCN(C(=O)CC3CCCC3)C1)CC2. The van der Waals surface area contributed by atoms with E-state index in [0.717, 1.165) is 50.9 Å². The van der Waals surface area contributed by atoms with Gasteiger partial charge in [0.25, 0.3) is 0 Å². The molecule has 1 aromatic rings. The van der Waals surface area contributed by atoms with Crippen LogP contribution in [0.1, 0.15) is 62.6 Å². The van der Waals surface area contributed by atoms with Crippen LogP contribution in [0.15, 0.2) is 6.20 Å². The zero-order valence-corrected chi connectivity index (χ0v) is 13.8. The van der Waals surface area contributed by atoms with Gasteiger partial charge in [-0.3, -0.25) is 4.79 Å². The molecule has 1 aliphatic heterocycles. The van der Waals surface area contributed by atoms with E-state index >= 15 is 0 Å². The molecule has 1 spiro atoms. The summed E-state index contributed by atoms with van der Waals surface area (Å²) in [5.41, 5.74) is 8.19. The highest BCUT2D eigenvalue weighted by Gasteiger charge is 2.44. The highest BCUT2D eigenvalue weighted by molar-refractivity contribution is 5.76. The van der Waals surface area contributed by atoms with Gasteiger partial charge in [-0.1, -0.05) is 12.8 Å². The van der Waals surface area contributed by atoms with Gasteiger partial charge in [0.2, 0.25) is 11.9 Å². The van der Waals surface area contributed by atoms with Crippen LogP contribution in [-0.2, 0) is 16.6 Å². The van der Waals surface area contributed by atoms with E-state index < -0.39 is 0 Å². The quantitative estimate of drug-likeness (QED) is 0.910. The summed E-state index contributed by atoms with van der Waals surface area (Å²) in [6, 6.07) is 0. The van der Waals surface area contributed by atoms with Gasteiger partial charge in [0, 0.05) is 31.1 Å². The normalized spacial score (nSPS) is 27.6. The fourth-order valence-corrected chi connectivity index (χ4v) is 4.89. The number of carbonyl (C=O) groups is 1. The van der Waals surface area contributed by atoms with Gasteiger partial charge in [-0.15, -0.1) is 0 Å². The van der Waals surface area contributed by atoms with Gasteiger partial charge < -0.3 is 10.6 Å². The number of anilines is 1. The zero-order chi connectivity index (χ0) is 15.9. The third-order valence-corrected chi connectivity index (χ3v) is 6.13. The molecule has 1 saturated heterocycles. The van der Waals surface area contributed by atoms with Crippen LogP contribution >= 0.6 is 0 Å². The molecule has 2 heterocycles. The topological polar surface area (TPSA) is 72.1 Å². The maximum Gasteiger partial charge on any atom is 0.222 e. The lowest BCUT2D eigenvalue weighted by atomic mass is 9.77. The maximum atomic E-state index is 12.7. The largest absolute Gasteiger partial charge is 0.368 e. The van der Waals surface area contributed by atoms with E-state index in [4.69, 9.17) is 5.73 Å². The van der Waals surface area contributed by atoms with E-state index in [1.165, 1.54) is 31.2 Å². The van der Waals surface area contributed by atoms with Gasteiger partial charge >= 0.3 is 0 Å². The van der Waals surface area contributed by atoms with Crippen LogP contribution < -0.4 is 5.73 Å². The van der Waals surface area contributed by atoms with Crippen molar-refractivity contribution >= 4 is 11.9 Å². The predicted molar refractivity (Wildman–Crippen MR) is 88.8 cm³/mol. The van der Waals surface area contributed by atoms with Crippen molar-refractivity contribution < 1.29 is 4.79 Å².